The maximum absolute atomic E-state index is 5.87. The van der Waals surface area contributed by atoms with Gasteiger partial charge in [-0.25, -0.2) is 15.0 Å². The summed E-state index contributed by atoms with van der Waals surface area (Å²) in [4.78, 5) is 18.2. The molecule has 0 bridgehead atoms. The first-order valence-corrected chi connectivity index (χ1v) is 9.25. The summed E-state index contributed by atoms with van der Waals surface area (Å²) in [5.74, 6) is 2.68. The monoisotopic (exact) mass is 373 g/mol. The lowest BCUT2D eigenvalue weighted by atomic mass is 10.3. The van der Waals surface area contributed by atoms with E-state index in [1.54, 1.807) is 25.7 Å². The van der Waals surface area contributed by atoms with E-state index in [1.165, 1.54) is 12.8 Å². The van der Waals surface area contributed by atoms with Gasteiger partial charge in [0.15, 0.2) is 11.5 Å². The molecule has 140 valence electrons. The van der Waals surface area contributed by atoms with Crippen molar-refractivity contribution in [2.45, 2.75) is 12.8 Å². The molecule has 0 saturated heterocycles. The highest BCUT2D eigenvalue weighted by molar-refractivity contribution is 5.80. The van der Waals surface area contributed by atoms with Crippen molar-refractivity contribution < 1.29 is 9.47 Å². The number of aromatic nitrogens is 5. The molecular formula is C21H19N5O2. The summed E-state index contributed by atoms with van der Waals surface area (Å²) in [6.07, 6.45) is 7.74. The Labute approximate surface area is 162 Å². The van der Waals surface area contributed by atoms with Gasteiger partial charge in [0.1, 0.15) is 17.0 Å². The number of nitrogens with zero attached hydrogens (tertiary/aromatic N) is 5. The molecule has 7 heteroatoms. The molecule has 1 aliphatic carbocycles. The van der Waals surface area contributed by atoms with Crippen LogP contribution in [0, 0.1) is 5.92 Å². The standard InChI is InChI=1S/C21H19N5O2/c1-27-19-8-7-15(11-23-19)26-20-18(25-21(26)17-4-2-3-9-22-17)10-16(12-24-20)28-13-14-5-6-14/h2-4,7-12,14H,5-6,13H2,1H3. The van der Waals surface area contributed by atoms with E-state index in [2.05, 4.69) is 15.0 Å². The average molecular weight is 373 g/mol. The summed E-state index contributed by atoms with van der Waals surface area (Å²) < 4.78 is 13.0. The number of methoxy groups -OCH3 is 1. The van der Waals surface area contributed by atoms with Gasteiger partial charge >= 0.3 is 0 Å². The maximum atomic E-state index is 5.87. The predicted octanol–water partition coefficient (Wildman–Crippen LogP) is 3.67. The minimum atomic E-state index is 0.552. The van der Waals surface area contributed by atoms with Gasteiger partial charge in [-0.05, 0) is 37.0 Å². The zero-order valence-corrected chi connectivity index (χ0v) is 15.4. The van der Waals surface area contributed by atoms with Crippen molar-refractivity contribution >= 4 is 11.2 Å². The van der Waals surface area contributed by atoms with E-state index < -0.39 is 0 Å². The van der Waals surface area contributed by atoms with Crippen molar-refractivity contribution in [2.75, 3.05) is 13.7 Å². The van der Waals surface area contributed by atoms with Crippen LogP contribution in [0.15, 0.2) is 55.0 Å². The number of fused-ring (bicyclic) bond motifs is 1. The van der Waals surface area contributed by atoms with Gasteiger partial charge in [0.05, 0.1) is 31.8 Å². The lowest BCUT2D eigenvalue weighted by molar-refractivity contribution is 0.299. The van der Waals surface area contributed by atoms with Crippen molar-refractivity contribution in [1.82, 2.24) is 24.5 Å². The molecule has 0 unspecified atom stereocenters. The fraction of sp³-hybridized carbons (Fsp3) is 0.238. The Kier molecular flexibility index (Phi) is 4.12. The third kappa shape index (κ3) is 3.15. The fourth-order valence-corrected chi connectivity index (χ4v) is 3.06. The second-order valence-electron chi connectivity index (χ2n) is 6.81. The maximum Gasteiger partial charge on any atom is 0.213 e. The van der Waals surface area contributed by atoms with Crippen LogP contribution in [0.2, 0.25) is 0 Å². The molecule has 28 heavy (non-hydrogen) atoms. The largest absolute Gasteiger partial charge is 0.492 e. The second kappa shape index (κ2) is 6.92. The molecule has 4 aromatic rings. The van der Waals surface area contributed by atoms with Crippen LogP contribution >= 0.6 is 0 Å². The topological polar surface area (TPSA) is 75.0 Å². The van der Waals surface area contributed by atoms with E-state index in [0.717, 1.165) is 34.9 Å². The number of imidazole rings is 1. The van der Waals surface area contributed by atoms with Crippen LogP contribution in [0.25, 0.3) is 28.4 Å². The lowest BCUT2D eigenvalue weighted by Gasteiger charge is -2.09. The Balaban J connectivity index is 1.63. The Morgan fingerprint density at radius 1 is 1.07 bits per heavy atom. The predicted molar refractivity (Wildman–Crippen MR) is 105 cm³/mol. The molecule has 0 radical (unpaired) electrons. The van der Waals surface area contributed by atoms with Crippen LogP contribution in [0.4, 0.5) is 0 Å². The molecule has 7 nitrogen and oxygen atoms in total. The molecule has 0 atom stereocenters. The number of pyridine rings is 3. The first-order valence-electron chi connectivity index (χ1n) is 9.25. The summed E-state index contributed by atoms with van der Waals surface area (Å²) in [6.45, 7) is 0.739. The van der Waals surface area contributed by atoms with Gasteiger partial charge < -0.3 is 9.47 Å². The van der Waals surface area contributed by atoms with Gasteiger partial charge in [-0.15, -0.1) is 0 Å². The van der Waals surface area contributed by atoms with E-state index >= 15 is 0 Å². The minimum Gasteiger partial charge on any atom is -0.492 e. The summed E-state index contributed by atoms with van der Waals surface area (Å²) in [5.41, 5.74) is 3.08. The van der Waals surface area contributed by atoms with Gasteiger partial charge in [0.25, 0.3) is 0 Å². The van der Waals surface area contributed by atoms with Crippen molar-refractivity contribution in [3.8, 4) is 28.8 Å². The first kappa shape index (κ1) is 16.7. The van der Waals surface area contributed by atoms with Gasteiger partial charge in [-0.1, -0.05) is 6.07 Å². The SMILES string of the molecule is COc1ccc(-n2c(-c3ccccn3)nc3cc(OCC4CC4)cnc32)cn1. The van der Waals surface area contributed by atoms with Crippen LogP contribution in [-0.2, 0) is 0 Å². The van der Waals surface area contributed by atoms with E-state index in [0.29, 0.717) is 17.6 Å². The molecule has 0 N–H and O–H groups in total. The lowest BCUT2D eigenvalue weighted by Crippen LogP contribution is -2.01. The molecule has 1 aliphatic rings. The van der Waals surface area contributed by atoms with Crippen LogP contribution in [0.1, 0.15) is 12.8 Å². The van der Waals surface area contributed by atoms with Crippen molar-refractivity contribution in [1.29, 1.82) is 0 Å². The van der Waals surface area contributed by atoms with E-state index in [1.807, 2.05) is 41.0 Å². The highest BCUT2D eigenvalue weighted by Crippen LogP contribution is 2.31. The zero-order chi connectivity index (χ0) is 18.9. The smallest absolute Gasteiger partial charge is 0.213 e. The number of hydrogen-bond donors (Lipinski definition) is 0. The Hall–Kier alpha value is -3.48. The number of hydrogen-bond acceptors (Lipinski definition) is 6. The molecule has 0 aromatic carbocycles. The zero-order valence-electron chi connectivity index (χ0n) is 15.4. The second-order valence-corrected chi connectivity index (χ2v) is 6.81. The minimum absolute atomic E-state index is 0.552. The summed E-state index contributed by atoms with van der Waals surface area (Å²) >= 11 is 0. The van der Waals surface area contributed by atoms with E-state index in [4.69, 9.17) is 14.5 Å². The van der Waals surface area contributed by atoms with E-state index in [-0.39, 0.29) is 0 Å². The van der Waals surface area contributed by atoms with Gasteiger partial charge in [0.2, 0.25) is 5.88 Å². The highest BCUT2D eigenvalue weighted by Gasteiger charge is 2.22. The van der Waals surface area contributed by atoms with Crippen molar-refractivity contribution in [3.63, 3.8) is 0 Å². The van der Waals surface area contributed by atoms with Crippen molar-refractivity contribution in [3.05, 3.63) is 55.0 Å². The molecule has 1 fully saturated rings. The molecule has 4 aromatic heterocycles. The fourth-order valence-electron chi connectivity index (χ4n) is 3.06. The summed E-state index contributed by atoms with van der Waals surface area (Å²) in [7, 11) is 1.60. The normalized spacial score (nSPS) is 13.6. The first-order chi connectivity index (χ1) is 13.8. The van der Waals surface area contributed by atoms with Gasteiger partial charge in [0, 0.05) is 18.3 Å². The van der Waals surface area contributed by atoms with Gasteiger partial charge in [-0.2, -0.15) is 0 Å². The molecule has 1 saturated carbocycles. The number of ether oxygens (including phenoxy) is 2. The third-order valence-electron chi connectivity index (χ3n) is 4.74. The Morgan fingerprint density at radius 3 is 2.71 bits per heavy atom. The molecule has 5 rings (SSSR count). The van der Waals surface area contributed by atoms with Crippen LogP contribution in [0.3, 0.4) is 0 Å². The average Bonchev–Trinajstić information content (AvgIpc) is 3.51. The molecular weight excluding hydrogens is 354 g/mol. The Bertz CT molecular complexity index is 1110. The quantitative estimate of drug-likeness (QED) is 0.513. The summed E-state index contributed by atoms with van der Waals surface area (Å²) in [5, 5.41) is 0. The number of rotatable bonds is 6. The molecule has 0 spiro atoms. The van der Waals surface area contributed by atoms with E-state index in [9.17, 15) is 0 Å². The van der Waals surface area contributed by atoms with Crippen LogP contribution < -0.4 is 9.47 Å². The van der Waals surface area contributed by atoms with Crippen LogP contribution in [0.5, 0.6) is 11.6 Å². The molecule has 0 aliphatic heterocycles. The molecule has 4 heterocycles. The van der Waals surface area contributed by atoms with Crippen LogP contribution in [-0.4, -0.2) is 38.2 Å². The third-order valence-corrected chi connectivity index (χ3v) is 4.74. The summed E-state index contributed by atoms with van der Waals surface area (Å²) in [6, 6.07) is 11.4. The highest BCUT2D eigenvalue weighted by atomic mass is 16.5. The van der Waals surface area contributed by atoms with Crippen molar-refractivity contribution in [2.24, 2.45) is 5.92 Å². The Morgan fingerprint density at radius 2 is 2.00 bits per heavy atom. The van der Waals surface area contributed by atoms with Gasteiger partial charge in [-0.3, -0.25) is 9.55 Å². The molecule has 0 amide bonds.